The number of aliphatic carboxylic acids is 1. The maximum absolute atomic E-state index is 11.2. The lowest BCUT2D eigenvalue weighted by Crippen LogP contribution is -2.18. The molecular formula is C15H12O4. The van der Waals surface area contributed by atoms with E-state index in [9.17, 15) is 14.7 Å². The first-order chi connectivity index (χ1) is 9.20. The summed E-state index contributed by atoms with van der Waals surface area (Å²) in [5.41, 5.74) is 1.08. The highest BCUT2D eigenvalue weighted by Gasteiger charge is 2.21. The standard InChI is InChI=1S/C15H12O4/c16-10-11-6-8-13(9-7-11)19-14(15(17)18)12-4-2-1-3-5-12/h1-10,14H,(H,17,18)/t14-/m1/s1. The van der Waals surface area contributed by atoms with Crippen LogP contribution >= 0.6 is 0 Å². The van der Waals surface area contributed by atoms with E-state index in [1.54, 1.807) is 54.6 Å². The molecule has 0 aromatic heterocycles. The van der Waals surface area contributed by atoms with Crippen molar-refractivity contribution in [2.24, 2.45) is 0 Å². The summed E-state index contributed by atoms with van der Waals surface area (Å²) in [6, 6.07) is 15.0. The second-order valence-corrected chi connectivity index (χ2v) is 3.93. The molecule has 0 amide bonds. The van der Waals surface area contributed by atoms with E-state index in [4.69, 9.17) is 4.74 Å². The molecule has 0 fully saturated rings. The Morgan fingerprint density at radius 1 is 1.05 bits per heavy atom. The van der Waals surface area contributed by atoms with Crippen molar-refractivity contribution in [3.63, 3.8) is 0 Å². The zero-order valence-electron chi connectivity index (χ0n) is 10.0. The van der Waals surface area contributed by atoms with Gasteiger partial charge in [0.1, 0.15) is 12.0 Å². The van der Waals surface area contributed by atoms with Gasteiger partial charge in [0.05, 0.1) is 0 Å². The lowest BCUT2D eigenvalue weighted by Gasteiger charge is -2.15. The van der Waals surface area contributed by atoms with Crippen LogP contribution in [0.3, 0.4) is 0 Å². The van der Waals surface area contributed by atoms with Gasteiger partial charge in [-0.15, -0.1) is 0 Å². The van der Waals surface area contributed by atoms with Crippen LogP contribution in [0, 0.1) is 0 Å². The molecule has 4 heteroatoms. The summed E-state index contributed by atoms with van der Waals surface area (Å²) in [6.07, 6.45) is -0.348. The van der Waals surface area contributed by atoms with Crippen molar-refractivity contribution in [2.45, 2.75) is 6.10 Å². The number of benzene rings is 2. The molecule has 0 aliphatic heterocycles. The van der Waals surface area contributed by atoms with Gasteiger partial charge in [0, 0.05) is 11.1 Å². The fourth-order valence-corrected chi connectivity index (χ4v) is 1.65. The van der Waals surface area contributed by atoms with E-state index in [-0.39, 0.29) is 0 Å². The van der Waals surface area contributed by atoms with Gasteiger partial charge in [-0.2, -0.15) is 0 Å². The van der Waals surface area contributed by atoms with E-state index in [0.717, 1.165) is 6.29 Å². The summed E-state index contributed by atoms with van der Waals surface area (Å²) >= 11 is 0. The largest absolute Gasteiger partial charge is 0.478 e. The van der Waals surface area contributed by atoms with Crippen molar-refractivity contribution in [3.8, 4) is 5.75 Å². The molecule has 0 saturated carbocycles. The van der Waals surface area contributed by atoms with Crippen LogP contribution in [0.5, 0.6) is 5.75 Å². The zero-order valence-corrected chi connectivity index (χ0v) is 10.0. The van der Waals surface area contributed by atoms with Gasteiger partial charge in [-0.3, -0.25) is 4.79 Å². The minimum atomic E-state index is -1.07. The number of carboxylic acids is 1. The molecule has 1 N–H and O–H groups in total. The maximum atomic E-state index is 11.2. The van der Waals surface area contributed by atoms with Crippen molar-refractivity contribution in [2.75, 3.05) is 0 Å². The highest BCUT2D eigenvalue weighted by atomic mass is 16.5. The third-order valence-electron chi connectivity index (χ3n) is 2.60. The molecule has 1 atom stereocenters. The molecule has 0 saturated heterocycles. The molecule has 2 rings (SSSR count). The number of ether oxygens (including phenoxy) is 1. The summed E-state index contributed by atoms with van der Waals surface area (Å²) in [4.78, 5) is 21.8. The lowest BCUT2D eigenvalue weighted by atomic mass is 10.1. The molecule has 2 aromatic carbocycles. The number of carbonyl (C=O) groups excluding carboxylic acids is 1. The quantitative estimate of drug-likeness (QED) is 0.835. The van der Waals surface area contributed by atoms with Gasteiger partial charge in [0.2, 0.25) is 6.10 Å². The van der Waals surface area contributed by atoms with Crippen molar-refractivity contribution >= 4 is 12.3 Å². The molecule has 0 aliphatic carbocycles. The van der Waals surface area contributed by atoms with Gasteiger partial charge in [0.15, 0.2) is 0 Å². The molecule has 96 valence electrons. The molecule has 0 spiro atoms. The van der Waals surface area contributed by atoms with Crippen LogP contribution in [0.1, 0.15) is 22.0 Å². The first-order valence-corrected chi connectivity index (χ1v) is 5.70. The van der Waals surface area contributed by atoms with E-state index in [1.807, 2.05) is 0 Å². The van der Waals surface area contributed by atoms with E-state index in [1.165, 1.54) is 0 Å². The van der Waals surface area contributed by atoms with Crippen LogP contribution in [-0.4, -0.2) is 17.4 Å². The number of hydrogen-bond acceptors (Lipinski definition) is 3. The minimum absolute atomic E-state index is 0.404. The normalized spacial score (nSPS) is 11.6. The van der Waals surface area contributed by atoms with E-state index < -0.39 is 12.1 Å². The third kappa shape index (κ3) is 3.19. The summed E-state index contributed by atoms with van der Waals surface area (Å²) in [7, 11) is 0. The number of carbonyl (C=O) groups is 2. The minimum Gasteiger partial charge on any atom is -0.478 e. The number of hydrogen-bond donors (Lipinski definition) is 1. The van der Waals surface area contributed by atoms with E-state index in [2.05, 4.69) is 0 Å². The molecule has 0 aliphatic rings. The van der Waals surface area contributed by atoms with Crippen molar-refractivity contribution in [1.29, 1.82) is 0 Å². The fraction of sp³-hybridized carbons (Fsp3) is 0.0667. The molecule has 2 aromatic rings. The number of aldehydes is 1. The van der Waals surface area contributed by atoms with Gasteiger partial charge >= 0.3 is 5.97 Å². The van der Waals surface area contributed by atoms with Gasteiger partial charge in [-0.25, -0.2) is 4.79 Å². The number of rotatable bonds is 5. The molecule has 19 heavy (non-hydrogen) atoms. The van der Waals surface area contributed by atoms with Crippen molar-refractivity contribution in [1.82, 2.24) is 0 Å². The molecule has 4 nitrogen and oxygen atoms in total. The molecule has 0 bridgehead atoms. The van der Waals surface area contributed by atoms with Gasteiger partial charge in [-0.1, -0.05) is 30.3 Å². The van der Waals surface area contributed by atoms with Crippen molar-refractivity contribution < 1.29 is 19.4 Å². The van der Waals surface area contributed by atoms with Crippen LogP contribution in [0.25, 0.3) is 0 Å². The third-order valence-corrected chi connectivity index (χ3v) is 2.60. The van der Waals surface area contributed by atoms with Crippen LogP contribution < -0.4 is 4.74 Å². The average Bonchev–Trinajstić information content (AvgIpc) is 2.46. The van der Waals surface area contributed by atoms with Crippen LogP contribution in [0.15, 0.2) is 54.6 Å². The summed E-state index contributed by atoms with van der Waals surface area (Å²) < 4.78 is 5.45. The van der Waals surface area contributed by atoms with Crippen LogP contribution in [0.4, 0.5) is 0 Å². The Balaban J connectivity index is 2.21. The highest BCUT2D eigenvalue weighted by molar-refractivity contribution is 5.76. The maximum Gasteiger partial charge on any atom is 0.349 e. The first kappa shape index (κ1) is 12.8. The van der Waals surface area contributed by atoms with E-state index in [0.29, 0.717) is 16.9 Å². The molecule has 0 heterocycles. The topological polar surface area (TPSA) is 63.6 Å². The Morgan fingerprint density at radius 2 is 1.68 bits per heavy atom. The Kier molecular flexibility index (Phi) is 3.93. The Hall–Kier alpha value is -2.62. The smallest absolute Gasteiger partial charge is 0.349 e. The first-order valence-electron chi connectivity index (χ1n) is 5.70. The highest BCUT2D eigenvalue weighted by Crippen LogP contribution is 2.22. The second kappa shape index (κ2) is 5.82. The molecule has 0 radical (unpaired) electrons. The fourth-order valence-electron chi connectivity index (χ4n) is 1.65. The summed E-state index contributed by atoms with van der Waals surface area (Å²) in [5, 5.41) is 9.21. The predicted molar refractivity (Wildman–Crippen MR) is 69.3 cm³/mol. The average molecular weight is 256 g/mol. The Labute approximate surface area is 110 Å². The Bertz CT molecular complexity index is 560. The summed E-state index contributed by atoms with van der Waals surface area (Å²) in [5.74, 6) is -0.660. The van der Waals surface area contributed by atoms with Gasteiger partial charge < -0.3 is 9.84 Å². The Morgan fingerprint density at radius 3 is 2.21 bits per heavy atom. The molecule has 0 unspecified atom stereocenters. The van der Waals surface area contributed by atoms with Crippen molar-refractivity contribution in [3.05, 3.63) is 65.7 Å². The summed E-state index contributed by atoms with van der Waals surface area (Å²) in [6.45, 7) is 0. The number of carboxylic acid groups (broad SMARTS) is 1. The lowest BCUT2D eigenvalue weighted by molar-refractivity contribution is -0.145. The second-order valence-electron chi connectivity index (χ2n) is 3.93. The van der Waals surface area contributed by atoms with E-state index >= 15 is 0 Å². The monoisotopic (exact) mass is 256 g/mol. The predicted octanol–water partition coefficient (Wildman–Crippen LogP) is 2.70. The van der Waals surface area contributed by atoms with Gasteiger partial charge in [0.25, 0.3) is 0 Å². The van der Waals surface area contributed by atoms with Crippen LogP contribution in [0.2, 0.25) is 0 Å². The van der Waals surface area contributed by atoms with Crippen LogP contribution in [-0.2, 0) is 4.79 Å². The SMILES string of the molecule is O=Cc1ccc(O[C@@H](C(=O)O)c2ccccc2)cc1. The van der Waals surface area contributed by atoms with Gasteiger partial charge in [-0.05, 0) is 24.3 Å². The molecular weight excluding hydrogens is 244 g/mol. The zero-order chi connectivity index (χ0) is 13.7.